The summed E-state index contributed by atoms with van der Waals surface area (Å²) in [6, 6.07) is 8.34. The van der Waals surface area contributed by atoms with Gasteiger partial charge in [-0.3, -0.25) is 0 Å². The van der Waals surface area contributed by atoms with Gasteiger partial charge < -0.3 is 5.32 Å². The molecular weight excluding hydrogens is 266 g/mol. The minimum atomic E-state index is 0. The van der Waals surface area contributed by atoms with Crippen LogP contribution in [0.15, 0.2) is 24.3 Å². The predicted molar refractivity (Wildman–Crippen MR) is 80.7 cm³/mol. The van der Waals surface area contributed by atoms with Gasteiger partial charge in [0.2, 0.25) is 5.13 Å². The molecule has 98 valence electrons. The summed E-state index contributed by atoms with van der Waals surface area (Å²) in [6.07, 6.45) is 0. The molecule has 0 bridgehead atoms. The third-order valence-electron chi connectivity index (χ3n) is 2.35. The molecule has 5 heteroatoms. The molecule has 18 heavy (non-hydrogen) atoms. The minimum Gasteiger partial charge on any atom is -0.360 e. The Hall–Kier alpha value is -1.13. The van der Waals surface area contributed by atoms with Crippen LogP contribution >= 0.6 is 23.7 Å². The smallest absolute Gasteiger partial charge is 0.206 e. The monoisotopic (exact) mass is 283 g/mol. The third-order valence-corrected chi connectivity index (χ3v) is 3.28. The molecule has 1 N–H and O–H groups in total. The average molecular weight is 284 g/mol. The van der Waals surface area contributed by atoms with Crippen molar-refractivity contribution < 1.29 is 0 Å². The second-order valence-corrected chi connectivity index (χ2v) is 5.53. The SMILES string of the molecule is Cc1cccc(-c2nnc(NCC(C)C)s2)c1.Cl. The summed E-state index contributed by atoms with van der Waals surface area (Å²) in [5.41, 5.74) is 2.38. The fourth-order valence-corrected chi connectivity index (χ4v) is 2.23. The van der Waals surface area contributed by atoms with Gasteiger partial charge in [0.05, 0.1) is 0 Å². The zero-order chi connectivity index (χ0) is 12.3. The van der Waals surface area contributed by atoms with Crippen LogP contribution in [-0.2, 0) is 0 Å². The maximum absolute atomic E-state index is 4.21. The summed E-state index contributed by atoms with van der Waals surface area (Å²) < 4.78 is 0. The molecule has 0 aliphatic heterocycles. The first-order chi connectivity index (χ1) is 8.15. The maximum Gasteiger partial charge on any atom is 0.206 e. The highest BCUT2D eigenvalue weighted by Gasteiger charge is 2.06. The first-order valence-corrected chi connectivity index (χ1v) is 6.61. The van der Waals surface area contributed by atoms with Crippen LogP contribution in [-0.4, -0.2) is 16.7 Å². The number of hydrogen-bond donors (Lipinski definition) is 1. The Morgan fingerprint density at radius 1 is 1.28 bits per heavy atom. The predicted octanol–water partition coefficient (Wildman–Crippen LogP) is 4.00. The third kappa shape index (κ3) is 3.96. The van der Waals surface area contributed by atoms with Crippen molar-refractivity contribution in [3.63, 3.8) is 0 Å². The quantitative estimate of drug-likeness (QED) is 0.921. The number of aryl methyl sites for hydroxylation is 1. The fourth-order valence-electron chi connectivity index (χ4n) is 1.48. The van der Waals surface area contributed by atoms with E-state index in [1.807, 2.05) is 6.07 Å². The van der Waals surface area contributed by atoms with Crippen molar-refractivity contribution in [3.05, 3.63) is 29.8 Å². The second kappa shape index (κ2) is 6.71. The van der Waals surface area contributed by atoms with E-state index in [-0.39, 0.29) is 12.4 Å². The molecule has 3 nitrogen and oxygen atoms in total. The van der Waals surface area contributed by atoms with Gasteiger partial charge in [-0.15, -0.1) is 22.6 Å². The molecular formula is C13H18ClN3S. The Bertz CT molecular complexity index is 496. The Morgan fingerprint density at radius 2 is 2.06 bits per heavy atom. The molecule has 0 aliphatic carbocycles. The molecule has 0 unspecified atom stereocenters. The van der Waals surface area contributed by atoms with Crippen LogP contribution in [0.4, 0.5) is 5.13 Å². The van der Waals surface area contributed by atoms with Crippen LogP contribution in [0, 0.1) is 12.8 Å². The van der Waals surface area contributed by atoms with Crippen molar-refractivity contribution in [2.24, 2.45) is 5.92 Å². The van der Waals surface area contributed by atoms with E-state index in [1.54, 1.807) is 11.3 Å². The fraction of sp³-hybridized carbons (Fsp3) is 0.385. The van der Waals surface area contributed by atoms with Crippen molar-refractivity contribution in [2.45, 2.75) is 20.8 Å². The molecule has 1 aromatic heterocycles. The Kier molecular flexibility index (Phi) is 5.56. The molecule has 0 radical (unpaired) electrons. The highest BCUT2D eigenvalue weighted by atomic mass is 35.5. The van der Waals surface area contributed by atoms with Crippen LogP contribution in [0.1, 0.15) is 19.4 Å². The van der Waals surface area contributed by atoms with Crippen molar-refractivity contribution in [1.29, 1.82) is 0 Å². The molecule has 0 amide bonds. The first kappa shape index (κ1) is 14.9. The summed E-state index contributed by atoms with van der Waals surface area (Å²) in [5.74, 6) is 0.612. The molecule has 0 aliphatic rings. The van der Waals surface area contributed by atoms with E-state index in [4.69, 9.17) is 0 Å². The van der Waals surface area contributed by atoms with E-state index in [9.17, 15) is 0 Å². The van der Waals surface area contributed by atoms with E-state index in [2.05, 4.69) is 54.5 Å². The summed E-state index contributed by atoms with van der Waals surface area (Å²) in [7, 11) is 0. The van der Waals surface area contributed by atoms with Gasteiger partial charge in [0.25, 0.3) is 0 Å². The molecule has 0 saturated heterocycles. The number of anilines is 1. The molecule has 1 aromatic carbocycles. The molecule has 0 spiro atoms. The average Bonchev–Trinajstić information content (AvgIpc) is 2.75. The van der Waals surface area contributed by atoms with E-state index in [1.165, 1.54) is 5.56 Å². The van der Waals surface area contributed by atoms with Crippen molar-refractivity contribution in [3.8, 4) is 10.6 Å². The van der Waals surface area contributed by atoms with Crippen molar-refractivity contribution in [2.75, 3.05) is 11.9 Å². The van der Waals surface area contributed by atoms with Crippen LogP contribution in [0.25, 0.3) is 10.6 Å². The number of nitrogens with one attached hydrogen (secondary N) is 1. The van der Waals surface area contributed by atoms with E-state index in [0.717, 1.165) is 22.2 Å². The van der Waals surface area contributed by atoms with Gasteiger partial charge >= 0.3 is 0 Å². The van der Waals surface area contributed by atoms with Crippen LogP contribution in [0.5, 0.6) is 0 Å². The molecule has 0 saturated carbocycles. The number of benzene rings is 1. The van der Waals surface area contributed by atoms with Gasteiger partial charge in [-0.25, -0.2) is 0 Å². The van der Waals surface area contributed by atoms with E-state index >= 15 is 0 Å². The zero-order valence-electron chi connectivity index (χ0n) is 10.8. The van der Waals surface area contributed by atoms with Crippen LogP contribution in [0.3, 0.4) is 0 Å². The number of halogens is 1. The normalized spacial score (nSPS) is 10.2. The number of rotatable bonds is 4. The largest absolute Gasteiger partial charge is 0.360 e. The van der Waals surface area contributed by atoms with Gasteiger partial charge in [0.15, 0.2) is 0 Å². The van der Waals surface area contributed by atoms with Crippen LogP contribution in [0.2, 0.25) is 0 Å². The lowest BCUT2D eigenvalue weighted by Crippen LogP contribution is -2.07. The van der Waals surface area contributed by atoms with E-state index < -0.39 is 0 Å². The topological polar surface area (TPSA) is 37.8 Å². The second-order valence-electron chi connectivity index (χ2n) is 4.56. The van der Waals surface area contributed by atoms with Gasteiger partial charge in [-0.1, -0.05) is 48.9 Å². The summed E-state index contributed by atoms with van der Waals surface area (Å²) >= 11 is 1.60. The van der Waals surface area contributed by atoms with Gasteiger partial charge in [-0.2, -0.15) is 0 Å². The highest BCUT2D eigenvalue weighted by molar-refractivity contribution is 7.18. The number of hydrogen-bond acceptors (Lipinski definition) is 4. The van der Waals surface area contributed by atoms with Crippen molar-refractivity contribution >= 4 is 28.9 Å². The molecule has 1 heterocycles. The Balaban J connectivity index is 0.00000162. The Morgan fingerprint density at radius 3 is 2.72 bits per heavy atom. The number of aromatic nitrogens is 2. The standard InChI is InChI=1S/C13H17N3S.ClH/c1-9(2)8-14-13-16-15-12(17-13)11-6-4-5-10(3)7-11;/h4-7,9H,8H2,1-3H3,(H,14,16);1H. The molecule has 0 atom stereocenters. The number of nitrogens with zero attached hydrogens (tertiary/aromatic N) is 2. The highest BCUT2D eigenvalue weighted by Crippen LogP contribution is 2.26. The Labute approximate surface area is 118 Å². The first-order valence-electron chi connectivity index (χ1n) is 5.79. The maximum atomic E-state index is 4.21. The molecule has 0 fully saturated rings. The zero-order valence-corrected chi connectivity index (χ0v) is 12.4. The van der Waals surface area contributed by atoms with Gasteiger partial charge in [0, 0.05) is 12.1 Å². The summed E-state index contributed by atoms with van der Waals surface area (Å²) in [6.45, 7) is 7.37. The molecule has 2 aromatic rings. The summed E-state index contributed by atoms with van der Waals surface area (Å²) in [4.78, 5) is 0. The van der Waals surface area contributed by atoms with Gasteiger partial charge in [0.1, 0.15) is 5.01 Å². The van der Waals surface area contributed by atoms with Gasteiger partial charge in [-0.05, 0) is 18.9 Å². The molecule has 2 rings (SSSR count). The lowest BCUT2D eigenvalue weighted by molar-refractivity contribution is 0.687. The lowest BCUT2D eigenvalue weighted by atomic mass is 10.1. The summed E-state index contributed by atoms with van der Waals surface area (Å²) in [5, 5.41) is 13.5. The van der Waals surface area contributed by atoms with Crippen molar-refractivity contribution in [1.82, 2.24) is 10.2 Å². The minimum absolute atomic E-state index is 0. The van der Waals surface area contributed by atoms with Crippen LogP contribution < -0.4 is 5.32 Å². The lowest BCUT2D eigenvalue weighted by Gasteiger charge is -2.03. The van der Waals surface area contributed by atoms with E-state index in [0.29, 0.717) is 5.92 Å².